The van der Waals surface area contributed by atoms with Gasteiger partial charge in [-0.1, -0.05) is 12.1 Å². The fourth-order valence-corrected chi connectivity index (χ4v) is 2.72. The fraction of sp³-hybridized carbons (Fsp3) is 0.364. The van der Waals surface area contributed by atoms with Gasteiger partial charge in [-0.3, -0.25) is 0 Å². The van der Waals surface area contributed by atoms with Crippen LogP contribution in [0.4, 0.5) is 0 Å². The van der Waals surface area contributed by atoms with Crippen LogP contribution in [-0.4, -0.2) is 21.0 Å². The Kier molecular flexibility index (Phi) is 4.63. The van der Waals surface area contributed by atoms with Gasteiger partial charge in [0, 0.05) is 12.6 Å². The zero-order chi connectivity index (χ0) is 12.9. The molecule has 17 heavy (non-hydrogen) atoms. The van der Waals surface area contributed by atoms with Crippen molar-refractivity contribution in [3.63, 3.8) is 0 Å². The summed E-state index contributed by atoms with van der Waals surface area (Å²) in [6, 6.07) is 8.15. The van der Waals surface area contributed by atoms with Gasteiger partial charge in [-0.05, 0) is 24.6 Å². The highest BCUT2D eigenvalue weighted by Gasteiger charge is 2.14. The third kappa shape index (κ3) is 4.53. The Morgan fingerprint density at radius 3 is 2.47 bits per heavy atom. The van der Waals surface area contributed by atoms with Crippen LogP contribution in [0.2, 0.25) is 0 Å². The number of nitriles is 1. The molecule has 1 aromatic carbocycles. The van der Waals surface area contributed by atoms with Crippen LogP contribution < -0.4 is 10.5 Å². The standard InChI is InChI=1S/C11H15N3O2S/c1-9(6-12)14-17(15,16)8-11-4-2-10(7-13)3-5-11/h2-5,9,14H,6,8,12H2,1H3. The topological polar surface area (TPSA) is 96.0 Å². The summed E-state index contributed by atoms with van der Waals surface area (Å²) in [5.41, 5.74) is 6.50. The Morgan fingerprint density at radius 2 is 2.00 bits per heavy atom. The Morgan fingerprint density at radius 1 is 1.41 bits per heavy atom. The Bertz CT molecular complexity index is 503. The minimum atomic E-state index is -3.38. The van der Waals surface area contributed by atoms with Gasteiger partial charge >= 0.3 is 0 Å². The first-order chi connectivity index (χ1) is 7.96. The number of rotatable bonds is 5. The highest BCUT2D eigenvalue weighted by atomic mass is 32.2. The van der Waals surface area contributed by atoms with Crippen molar-refractivity contribution in [2.45, 2.75) is 18.7 Å². The summed E-state index contributed by atoms with van der Waals surface area (Å²) in [5.74, 6) is -0.108. The smallest absolute Gasteiger partial charge is 0.216 e. The van der Waals surface area contributed by atoms with Gasteiger partial charge in [-0.2, -0.15) is 5.26 Å². The molecule has 6 heteroatoms. The molecule has 1 rings (SSSR count). The Labute approximate surface area is 101 Å². The molecule has 0 spiro atoms. The van der Waals surface area contributed by atoms with Gasteiger partial charge in [-0.15, -0.1) is 0 Å². The van der Waals surface area contributed by atoms with Crippen molar-refractivity contribution in [3.8, 4) is 6.07 Å². The monoisotopic (exact) mass is 253 g/mol. The van der Waals surface area contributed by atoms with Crippen molar-refractivity contribution in [3.05, 3.63) is 35.4 Å². The van der Waals surface area contributed by atoms with Crippen LogP contribution in [0.3, 0.4) is 0 Å². The predicted octanol–water partition coefficient (Wildman–Crippen LogP) is 0.325. The van der Waals surface area contributed by atoms with Crippen LogP contribution in [-0.2, 0) is 15.8 Å². The number of sulfonamides is 1. The lowest BCUT2D eigenvalue weighted by atomic mass is 10.2. The lowest BCUT2D eigenvalue weighted by Gasteiger charge is -2.11. The minimum absolute atomic E-state index is 0.108. The van der Waals surface area contributed by atoms with Gasteiger partial charge in [0.15, 0.2) is 0 Å². The van der Waals surface area contributed by atoms with E-state index in [2.05, 4.69) is 4.72 Å². The molecule has 0 radical (unpaired) electrons. The number of nitrogens with zero attached hydrogens (tertiary/aromatic N) is 1. The average molecular weight is 253 g/mol. The van der Waals surface area contributed by atoms with Gasteiger partial charge in [-0.25, -0.2) is 13.1 Å². The largest absolute Gasteiger partial charge is 0.329 e. The zero-order valence-electron chi connectivity index (χ0n) is 9.55. The van der Waals surface area contributed by atoms with Gasteiger partial charge in [0.05, 0.1) is 17.4 Å². The van der Waals surface area contributed by atoms with E-state index in [1.54, 1.807) is 31.2 Å². The van der Waals surface area contributed by atoms with Crippen LogP contribution in [0.5, 0.6) is 0 Å². The molecular formula is C11H15N3O2S. The molecular weight excluding hydrogens is 238 g/mol. The van der Waals surface area contributed by atoms with Crippen molar-refractivity contribution < 1.29 is 8.42 Å². The lowest BCUT2D eigenvalue weighted by Crippen LogP contribution is -2.38. The molecule has 0 aromatic heterocycles. The second kappa shape index (κ2) is 5.77. The molecule has 0 saturated heterocycles. The van der Waals surface area contributed by atoms with Crippen LogP contribution in [0.1, 0.15) is 18.1 Å². The van der Waals surface area contributed by atoms with Crippen LogP contribution in [0.15, 0.2) is 24.3 Å². The van der Waals surface area contributed by atoms with Gasteiger partial charge < -0.3 is 5.73 Å². The molecule has 5 nitrogen and oxygen atoms in total. The van der Waals surface area contributed by atoms with Crippen LogP contribution >= 0.6 is 0 Å². The van der Waals surface area contributed by atoms with Gasteiger partial charge in [0.2, 0.25) is 10.0 Å². The third-order valence-electron chi connectivity index (χ3n) is 2.17. The van der Waals surface area contributed by atoms with E-state index in [1.807, 2.05) is 6.07 Å². The second-order valence-corrected chi connectivity index (χ2v) is 5.58. The summed E-state index contributed by atoms with van der Waals surface area (Å²) in [4.78, 5) is 0. The molecule has 0 heterocycles. The van der Waals surface area contributed by atoms with Crippen molar-refractivity contribution in [2.24, 2.45) is 5.73 Å². The SMILES string of the molecule is CC(CN)NS(=O)(=O)Cc1ccc(C#N)cc1. The molecule has 0 aliphatic heterocycles. The molecule has 1 atom stereocenters. The van der Waals surface area contributed by atoms with E-state index in [0.717, 1.165) is 0 Å². The normalized spacial score (nSPS) is 13.0. The minimum Gasteiger partial charge on any atom is -0.329 e. The first-order valence-electron chi connectivity index (χ1n) is 5.16. The average Bonchev–Trinajstić information content (AvgIpc) is 2.28. The predicted molar refractivity (Wildman–Crippen MR) is 65.4 cm³/mol. The number of benzene rings is 1. The van der Waals surface area contributed by atoms with E-state index in [-0.39, 0.29) is 18.3 Å². The zero-order valence-corrected chi connectivity index (χ0v) is 10.4. The Balaban J connectivity index is 2.73. The Hall–Kier alpha value is -1.42. The van der Waals surface area contributed by atoms with E-state index >= 15 is 0 Å². The van der Waals surface area contributed by atoms with E-state index in [0.29, 0.717) is 11.1 Å². The summed E-state index contributed by atoms with van der Waals surface area (Å²) in [6.07, 6.45) is 0. The molecule has 0 fully saturated rings. The summed E-state index contributed by atoms with van der Waals surface area (Å²) in [5, 5.41) is 8.62. The maximum Gasteiger partial charge on any atom is 0.216 e. The van der Waals surface area contributed by atoms with Crippen molar-refractivity contribution >= 4 is 10.0 Å². The first kappa shape index (κ1) is 13.6. The molecule has 0 amide bonds. The maximum absolute atomic E-state index is 11.7. The van der Waals surface area contributed by atoms with E-state index in [1.165, 1.54) is 0 Å². The van der Waals surface area contributed by atoms with Crippen molar-refractivity contribution in [2.75, 3.05) is 6.54 Å². The van der Waals surface area contributed by atoms with Gasteiger partial charge in [0.25, 0.3) is 0 Å². The molecule has 0 aliphatic rings. The highest BCUT2D eigenvalue weighted by molar-refractivity contribution is 7.88. The van der Waals surface area contributed by atoms with Crippen LogP contribution in [0, 0.1) is 11.3 Å². The van der Waals surface area contributed by atoms with E-state index in [9.17, 15) is 8.42 Å². The molecule has 0 saturated carbocycles. The summed E-state index contributed by atoms with van der Waals surface area (Å²) < 4.78 is 25.8. The molecule has 3 N–H and O–H groups in total. The number of hydrogen-bond donors (Lipinski definition) is 2. The van der Waals surface area contributed by atoms with Crippen LogP contribution in [0.25, 0.3) is 0 Å². The summed E-state index contributed by atoms with van der Waals surface area (Å²) >= 11 is 0. The maximum atomic E-state index is 11.7. The van der Waals surface area contributed by atoms with Crippen molar-refractivity contribution in [1.82, 2.24) is 4.72 Å². The number of hydrogen-bond acceptors (Lipinski definition) is 4. The summed E-state index contributed by atoms with van der Waals surface area (Å²) in [6.45, 7) is 1.96. The molecule has 1 unspecified atom stereocenters. The fourth-order valence-electron chi connectivity index (χ4n) is 1.29. The van der Waals surface area contributed by atoms with Crippen molar-refractivity contribution in [1.29, 1.82) is 5.26 Å². The van der Waals surface area contributed by atoms with E-state index < -0.39 is 10.0 Å². The molecule has 0 aliphatic carbocycles. The third-order valence-corrected chi connectivity index (χ3v) is 3.65. The summed E-state index contributed by atoms with van der Waals surface area (Å²) in [7, 11) is -3.38. The molecule has 1 aromatic rings. The molecule has 0 bridgehead atoms. The second-order valence-electron chi connectivity index (χ2n) is 3.82. The van der Waals surface area contributed by atoms with E-state index in [4.69, 9.17) is 11.0 Å². The quantitative estimate of drug-likeness (QED) is 0.790. The highest BCUT2D eigenvalue weighted by Crippen LogP contribution is 2.07. The molecule has 92 valence electrons. The number of nitrogens with one attached hydrogen (secondary N) is 1. The lowest BCUT2D eigenvalue weighted by molar-refractivity contribution is 0.562. The first-order valence-corrected chi connectivity index (χ1v) is 6.81. The van der Waals surface area contributed by atoms with Gasteiger partial charge in [0.1, 0.15) is 0 Å². The number of nitrogens with two attached hydrogens (primary N) is 1.